The molecule has 0 fully saturated rings. The lowest BCUT2D eigenvalue weighted by atomic mass is 10.1. The molecule has 0 aromatic heterocycles. The molecule has 98 valence electrons. The quantitative estimate of drug-likeness (QED) is 0.382. The molecular formula is C13H23NO3. The second kappa shape index (κ2) is 9.87. The Morgan fingerprint density at radius 1 is 1.18 bits per heavy atom. The van der Waals surface area contributed by atoms with E-state index in [0.717, 1.165) is 25.7 Å². The van der Waals surface area contributed by atoms with Crippen LogP contribution in [0.5, 0.6) is 0 Å². The van der Waals surface area contributed by atoms with Gasteiger partial charge in [0.05, 0.1) is 6.61 Å². The molecular weight excluding hydrogens is 218 g/mol. The zero-order chi connectivity index (χ0) is 13.1. The van der Waals surface area contributed by atoms with Gasteiger partial charge < -0.3 is 10.1 Å². The Morgan fingerprint density at radius 2 is 1.82 bits per heavy atom. The van der Waals surface area contributed by atoms with Crippen molar-refractivity contribution in [3.8, 4) is 0 Å². The van der Waals surface area contributed by atoms with Crippen molar-refractivity contribution in [1.82, 2.24) is 5.32 Å². The van der Waals surface area contributed by atoms with Crippen LogP contribution in [0.2, 0.25) is 0 Å². The van der Waals surface area contributed by atoms with Gasteiger partial charge in [-0.1, -0.05) is 19.4 Å². The molecule has 1 amide bonds. The van der Waals surface area contributed by atoms with E-state index in [1.54, 1.807) is 6.92 Å². The molecule has 0 aliphatic rings. The van der Waals surface area contributed by atoms with E-state index in [4.69, 9.17) is 4.74 Å². The van der Waals surface area contributed by atoms with Gasteiger partial charge in [0.25, 0.3) is 0 Å². The highest BCUT2D eigenvalue weighted by molar-refractivity contribution is 5.86. The van der Waals surface area contributed by atoms with E-state index in [1.807, 2.05) is 6.92 Å². The zero-order valence-corrected chi connectivity index (χ0v) is 10.9. The van der Waals surface area contributed by atoms with Gasteiger partial charge in [-0.05, 0) is 26.7 Å². The fourth-order valence-electron chi connectivity index (χ4n) is 1.31. The molecule has 0 saturated heterocycles. The van der Waals surface area contributed by atoms with E-state index in [9.17, 15) is 9.59 Å². The zero-order valence-electron chi connectivity index (χ0n) is 10.9. The molecule has 0 bridgehead atoms. The molecule has 0 radical (unpaired) electrons. The Morgan fingerprint density at radius 3 is 2.41 bits per heavy atom. The van der Waals surface area contributed by atoms with Gasteiger partial charge in [-0.3, -0.25) is 4.79 Å². The first-order valence-corrected chi connectivity index (χ1v) is 6.17. The SMILES string of the molecule is C=C(C)C(=O)OCCCCCCC(=O)NCC. The van der Waals surface area contributed by atoms with Crippen molar-refractivity contribution >= 4 is 11.9 Å². The molecule has 0 aromatic rings. The molecule has 0 aromatic carbocycles. The number of rotatable bonds is 9. The van der Waals surface area contributed by atoms with E-state index in [2.05, 4.69) is 11.9 Å². The van der Waals surface area contributed by atoms with E-state index >= 15 is 0 Å². The van der Waals surface area contributed by atoms with Gasteiger partial charge in [0.15, 0.2) is 0 Å². The van der Waals surface area contributed by atoms with Crippen molar-refractivity contribution in [2.45, 2.75) is 46.0 Å². The van der Waals surface area contributed by atoms with Crippen LogP contribution in [0, 0.1) is 0 Å². The van der Waals surface area contributed by atoms with Crippen LogP contribution in [0.15, 0.2) is 12.2 Å². The van der Waals surface area contributed by atoms with Gasteiger partial charge in [0, 0.05) is 18.5 Å². The van der Waals surface area contributed by atoms with Gasteiger partial charge in [0.1, 0.15) is 0 Å². The van der Waals surface area contributed by atoms with Crippen molar-refractivity contribution in [2.24, 2.45) is 0 Å². The molecule has 0 spiro atoms. The maximum Gasteiger partial charge on any atom is 0.333 e. The first-order chi connectivity index (χ1) is 8.07. The van der Waals surface area contributed by atoms with Crippen LogP contribution in [-0.4, -0.2) is 25.0 Å². The fraction of sp³-hybridized carbons (Fsp3) is 0.692. The predicted molar refractivity (Wildman–Crippen MR) is 67.5 cm³/mol. The lowest BCUT2D eigenvalue weighted by Gasteiger charge is -2.04. The number of ether oxygens (including phenoxy) is 1. The summed E-state index contributed by atoms with van der Waals surface area (Å²) in [5, 5.41) is 2.76. The third kappa shape index (κ3) is 9.60. The lowest BCUT2D eigenvalue weighted by Crippen LogP contribution is -2.21. The monoisotopic (exact) mass is 241 g/mol. The molecule has 0 heterocycles. The maximum atomic E-state index is 11.1. The van der Waals surface area contributed by atoms with Gasteiger partial charge in [0.2, 0.25) is 5.91 Å². The van der Waals surface area contributed by atoms with Crippen molar-refractivity contribution < 1.29 is 14.3 Å². The average Bonchev–Trinajstić information content (AvgIpc) is 2.27. The summed E-state index contributed by atoms with van der Waals surface area (Å²) in [5.74, 6) is -0.214. The van der Waals surface area contributed by atoms with Gasteiger partial charge in [-0.25, -0.2) is 4.79 Å². The molecule has 0 saturated carbocycles. The number of esters is 1. The van der Waals surface area contributed by atoms with Crippen LogP contribution in [-0.2, 0) is 14.3 Å². The highest BCUT2D eigenvalue weighted by Crippen LogP contribution is 2.04. The van der Waals surface area contributed by atoms with Crippen molar-refractivity contribution in [3.05, 3.63) is 12.2 Å². The number of nitrogens with one attached hydrogen (secondary N) is 1. The molecule has 0 rings (SSSR count). The van der Waals surface area contributed by atoms with Gasteiger partial charge >= 0.3 is 5.97 Å². The number of unbranched alkanes of at least 4 members (excludes halogenated alkanes) is 3. The Kier molecular flexibility index (Phi) is 9.11. The Balaban J connectivity index is 3.27. The van der Waals surface area contributed by atoms with Crippen LogP contribution >= 0.6 is 0 Å². The highest BCUT2D eigenvalue weighted by Gasteiger charge is 2.02. The minimum absolute atomic E-state index is 0.112. The summed E-state index contributed by atoms with van der Waals surface area (Å²) in [6.45, 7) is 8.17. The van der Waals surface area contributed by atoms with Crippen LogP contribution in [0.3, 0.4) is 0 Å². The molecule has 0 aliphatic heterocycles. The summed E-state index contributed by atoms with van der Waals surface area (Å²) >= 11 is 0. The summed E-state index contributed by atoms with van der Waals surface area (Å²) in [7, 11) is 0. The van der Waals surface area contributed by atoms with Crippen LogP contribution < -0.4 is 5.32 Å². The molecule has 4 nitrogen and oxygen atoms in total. The first-order valence-electron chi connectivity index (χ1n) is 6.17. The number of carbonyl (C=O) groups excluding carboxylic acids is 2. The van der Waals surface area contributed by atoms with Crippen LogP contribution in [0.4, 0.5) is 0 Å². The second-order valence-corrected chi connectivity index (χ2v) is 4.03. The van der Waals surface area contributed by atoms with E-state index in [-0.39, 0.29) is 11.9 Å². The summed E-state index contributed by atoms with van der Waals surface area (Å²) in [6.07, 6.45) is 4.28. The molecule has 0 aliphatic carbocycles. The molecule has 4 heteroatoms. The normalized spacial score (nSPS) is 9.76. The van der Waals surface area contributed by atoms with Crippen molar-refractivity contribution in [3.63, 3.8) is 0 Å². The summed E-state index contributed by atoms with van der Waals surface area (Å²) in [4.78, 5) is 22.1. The predicted octanol–water partition coefficient (Wildman–Crippen LogP) is 2.19. The minimum Gasteiger partial charge on any atom is -0.462 e. The van der Waals surface area contributed by atoms with E-state index in [1.165, 1.54) is 0 Å². The average molecular weight is 241 g/mol. The largest absolute Gasteiger partial charge is 0.462 e. The van der Waals surface area contributed by atoms with E-state index < -0.39 is 0 Å². The van der Waals surface area contributed by atoms with Crippen LogP contribution in [0.25, 0.3) is 0 Å². The third-order valence-electron chi connectivity index (χ3n) is 2.25. The Bertz CT molecular complexity index is 261. The highest BCUT2D eigenvalue weighted by atomic mass is 16.5. The second-order valence-electron chi connectivity index (χ2n) is 4.03. The van der Waals surface area contributed by atoms with E-state index in [0.29, 0.717) is 25.1 Å². The standard InChI is InChI=1S/C13H23NO3/c1-4-14-12(15)9-7-5-6-8-10-17-13(16)11(2)3/h2,4-10H2,1,3H3,(H,14,15). The van der Waals surface area contributed by atoms with Crippen molar-refractivity contribution in [1.29, 1.82) is 0 Å². The Labute approximate surface area is 103 Å². The summed E-state index contributed by atoms with van der Waals surface area (Å²) in [6, 6.07) is 0. The van der Waals surface area contributed by atoms with Gasteiger partial charge in [-0.2, -0.15) is 0 Å². The molecule has 0 unspecified atom stereocenters. The smallest absolute Gasteiger partial charge is 0.333 e. The molecule has 1 N–H and O–H groups in total. The minimum atomic E-state index is -0.327. The lowest BCUT2D eigenvalue weighted by molar-refractivity contribution is -0.139. The Hall–Kier alpha value is -1.32. The number of carbonyl (C=O) groups is 2. The first kappa shape index (κ1) is 15.7. The molecule has 0 atom stereocenters. The summed E-state index contributed by atoms with van der Waals surface area (Å²) in [5.41, 5.74) is 0.432. The fourth-order valence-corrected chi connectivity index (χ4v) is 1.31. The summed E-state index contributed by atoms with van der Waals surface area (Å²) < 4.78 is 4.95. The number of hydrogen-bond acceptors (Lipinski definition) is 3. The number of hydrogen-bond donors (Lipinski definition) is 1. The molecule has 17 heavy (non-hydrogen) atoms. The van der Waals surface area contributed by atoms with Crippen LogP contribution in [0.1, 0.15) is 46.0 Å². The number of amides is 1. The maximum absolute atomic E-state index is 11.1. The third-order valence-corrected chi connectivity index (χ3v) is 2.25. The van der Waals surface area contributed by atoms with Gasteiger partial charge in [-0.15, -0.1) is 0 Å². The van der Waals surface area contributed by atoms with Crippen molar-refractivity contribution in [2.75, 3.05) is 13.2 Å². The topological polar surface area (TPSA) is 55.4 Å².